The predicted molar refractivity (Wildman–Crippen MR) is 62.6 cm³/mol. The number of hydrazine groups is 1. The fourth-order valence-corrected chi connectivity index (χ4v) is 1.42. The Morgan fingerprint density at radius 2 is 2.00 bits per heavy atom. The van der Waals surface area contributed by atoms with Gasteiger partial charge >= 0.3 is 0 Å². The third kappa shape index (κ3) is 3.06. The van der Waals surface area contributed by atoms with Crippen LogP contribution in [0.1, 0.15) is 32.8 Å². The summed E-state index contributed by atoms with van der Waals surface area (Å²) in [6.07, 6.45) is 3.46. The molecule has 84 valence electrons. The quantitative estimate of drug-likeness (QED) is 0.506. The molecule has 0 aliphatic rings. The van der Waals surface area contributed by atoms with E-state index in [0.29, 0.717) is 11.9 Å². The highest BCUT2D eigenvalue weighted by atomic mass is 15.3. The number of nitrogens with two attached hydrogens (primary N) is 1. The number of hydrogen-bond acceptors (Lipinski definition) is 5. The summed E-state index contributed by atoms with van der Waals surface area (Å²) in [6, 6.07) is 0.348. The molecule has 0 amide bonds. The van der Waals surface area contributed by atoms with Gasteiger partial charge in [-0.2, -0.15) is 0 Å². The van der Waals surface area contributed by atoms with Gasteiger partial charge in [0.05, 0.1) is 0 Å². The second-order valence-electron chi connectivity index (χ2n) is 3.74. The minimum atomic E-state index is 0.348. The Morgan fingerprint density at radius 3 is 2.53 bits per heavy atom. The first-order valence-electron chi connectivity index (χ1n) is 5.26. The Hall–Kier alpha value is -1.36. The molecular weight excluding hydrogens is 190 g/mol. The molecule has 0 aliphatic heterocycles. The van der Waals surface area contributed by atoms with Gasteiger partial charge in [0.25, 0.3) is 0 Å². The van der Waals surface area contributed by atoms with Crippen molar-refractivity contribution in [1.82, 2.24) is 9.97 Å². The lowest BCUT2D eigenvalue weighted by molar-refractivity contribution is 0.856. The molecule has 1 aromatic heterocycles. The van der Waals surface area contributed by atoms with Gasteiger partial charge in [0.2, 0.25) is 0 Å². The third-order valence-corrected chi connectivity index (χ3v) is 2.01. The monoisotopic (exact) mass is 209 g/mol. The van der Waals surface area contributed by atoms with Crippen molar-refractivity contribution in [2.45, 2.75) is 39.7 Å². The second-order valence-corrected chi connectivity index (χ2v) is 3.74. The van der Waals surface area contributed by atoms with Gasteiger partial charge in [-0.15, -0.1) is 0 Å². The van der Waals surface area contributed by atoms with E-state index in [4.69, 9.17) is 5.84 Å². The van der Waals surface area contributed by atoms with Crippen LogP contribution >= 0.6 is 0 Å². The van der Waals surface area contributed by atoms with Crippen molar-refractivity contribution in [3.63, 3.8) is 0 Å². The van der Waals surface area contributed by atoms with Gasteiger partial charge in [-0.3, -0.25) is 0 Å². The van der Waals surface area contributed by atoms with E-state index < -0.39 is 0 Å². The Kier molecular flexibility index (Phi) is 4.30. The molecule has 0 spiro atoms. The molecule has 0 saturated heterocycles. The third-order valence-electron chi connectivity index (χ3n) is 2.01. The van der Waals surface area contributed by atoms with Crippen LogP contribution in [0, 0.1) is 0 Å². The number of nitrogens with one attached hydrogen (secondary N) is 2. The van der Waals surface area contributed by atoms with Crippen LogP contribution in [0.25, 0.3) is 0 Å². The van der Waals surface area contributed by atoms with Crippen molar-refractivity contribution in [2.75, 3.05) is 10.7 Å². The van der Waals surface area contributed by atoms with Crippen molar-refractivity contribution in [3.8, 4) is 0 Å². The Bertz CT molecular complexity index is 311. The molecule has 0 unspecified atom stereocenters. The zero-order valence-corrected chi connectivity index (χ0v) is 9.54. The first-order valence-corrected chi connectivity index (χ1v) is 5.26. The largest absolute Gasteiger partial charge is 0.368 e. The van der Waals surface area contributed by atoms with Crippen molar-refractivity contribution in [2.24, 2.45) is 5.84 Å². The van der Waals surface area contributed by atoms with E-state index in [1.54, 1.807) is 0 Å². The van der Waals surface area contributed by atoms with Crippen LogP contribution in [0.15, 0.2) is 6.33 Å². The highest BCUT2D eigenvalue weighted by Gasteiger charge is 2.10. The number of aromatic nitrogens is 2. The first kappa shape index (κ1) is 11.7. The highest BCUT2D eigenvalue weighted by molar-refractivity contribution is 5.57. The summed E-state index contributed by atoms with van der Waals surface area (Å²) in [4.78, 5) is 8.32. The van der Waals surface area contributed by atoms with Gasteiger partial charge in [-0.1, -0.05) is 13.3 Å². The minimum absolute atomic E-state index is 0.348. The summed E-state index contributed by atoms with van der Waals surface area (Å²) < 4.78 is 0. The van der Waals surface area contributed by atoms with Crippen LogP contribution in [0.5, 0.6) is 0 Å². The van der Waals surface area contributed by atoms with Crippen LogP contribution in [-0.2, 0) is 6.42 Å². The summed E-state index contributed by atoms with van der Waals surface area (Å²) in [5.41, 5.74) is 3.65. The van der Waals surface area contributed by atoms with Crippen molar-refractivity contribution in [1.29, 1.82) is 0 Å². The van der Waals surface area contributed by atoms with E-state index in [1.165, 1.54) is 6.33 Å². The molecule has 0 bridgehead atoms. The molecule has 0 aromatic carbocycles. The average Bonchev–Trinajstić information content (AvgIpc) is 2.20. The topological polar surface area (TPSA) is 75.9 Å². The standard InChI is InChI=1S/C10H19N5/c1-4-5-8-9(14-7(2)3)12-6-13-10(8)15-11/h6-7H,4-5,11H2,1-3H3,(H2,12,13,14,15). The molecule has 0 radical (unpaired) electrons. The molecule has 1 heterocycles. The van der Waals surface area contributed by atoms with Gasteiger partial charge in [0.15, 0.2) is 0 Å². The van der Waals surface area contributed by atoms with Crippen molar-refractivity contribution >= 4 is 11.6 Å². The Balaban J connectivity index is 3.01. The first-order chi connectivity index (χ1) is 7.19. The number of nitrogens with zero attached hydrogens (tertiary/aromatic N) is 2. The van der Waals surface area contributed by atoms with E-state index in [1.807, 2.05) is 0 Å². The number of anilines is 2. The number of nitrogen functional groups attached to an aromatic ring is 1. The van der Waals surface area contributed by atoms with Crippen LogP contribution in [0.4, 0.5) is 11.6 Å². The predicted octanol–water partition coefficient (Wildman–Crippen LogP) is 1.54. The molecule has 0 aliphatic carbocycles. The van der Waals surface area contributed by atoms with E-state index >= 15 is 0 Å². The molecule has 0 atom stereocenters. The smallest absolute Gasteiger partial charge is 0.148 e. The Morgan fingerprint density at radius 1 is 1.33 bits per heavy atom. The fourth-order valence-electron chi connectivity index (χ4n) is 1.42. The summed E-state index contributed by atoms with van der Waals surface area (Å²) in [5, 5.41) is 3.29. The normalized spacial score (nSPS) is 10.5. The molecule has 0 fully saturated rings. The van der Waals surface area contributed by atoms with Crippen LogP contribution in [-0.4, -0.2) is 16.0 Å². The molecule has 5 heteroatoms. The average molecular weight is 209 g/mol. The molecule has 1 aromatic rings. The second kappa shape index (κ2) is 5.50. The van der Waals surface area contributed by atoms with Crippen LogP contribution in [0.3, 0.4) is 0 Å². The van der Waals surface area contributed by atoms with Crippen LogP contribution in [0.2, 0.25) is 0 Å². The number of rotatable bonds is 5. The maximum Gasteiger partial charge on any atom is 0.148 e. The summed E-state index contributed by atoms with van der Waals surface area (Å²) >= 11 is 0. The maximum absolute atomic E-state index is 5.41. The summed E-state index contributed by atoms with van der Waals surface area (Å²) in [6.45, 7) is 6.27. The molecule has 1 rings (SSSR count). The number of hydrogen-bond donors (Lipinski definition) is 3. The summed E-state index contributed by atoms with van der Waals surface area (Å²) in [5.74, 6) is 6.99. The van der Waals surface area contributed by atoms with E-state index in [9.17, 15) is 0 Å². The SMILES string of the molecule is CCCc1c(NN)ncnc1NC(C)C. The zero-order chi connectivity index (χ0) is 11.3. The molecule has 15 heavy (non-hydrogen) atoms. The molecule has 5 nitrogen and oxygen atoms in total. The van der Waals surface area contributed by atoms with Crippen molar-refractivity contribution in [3.05, 3.63) is 11.9 Å². The Labute approximate surface area is 90.5 Å². The van der Waals surface area contributed by atoms with E-state index in [-0.39, 0.29) is 0 Å². The van der Waals surface area contributed by atoms with Gasteiger partial charge in [-0.05, 0) is 20.3 Å². The molecule has 4 N–H and O–H groups in total. The van der Waals surface area contributed by atoms with Crippen LogP contribution < -0.4 is 16.6 Å². The summed E-state index contributed by atoms with van der Waals surface area (Å²) in [7, 11) is 0. The molecule has 0 saturated carbocycles. The maximum atomic E-state index is 5.41. The van der Waals surface area contributed by atoms with Gasteiger partial charge in [0, 0.05) is 11.6 Å². The van der Waals surface area contributed by atoms with Gasteiger partial charge in [-0.25, -0.2) is 15.8 Å². The van der Waals surface area contributed by atoms with E-state index in [2.05, 4.69) is 41.5 Å². The fraction of sp³-hybridized carbons (Fsp3) is 0.600. The minimum Gasteiger partial charge on any atom is -0.368 e. The van der Waals surface area contributed by atoms with Gasteiger partial charge in [0.1, 0.15) is 18.0 Å². The highest BCUT2D eigenvalue weighted by Crippen LogP contribution is 2.21. The van der Waals surface area contributed by atoms with Crippen molar-refractivity contribution < 1.29 is 0 Å². The van der Waals surface area contributed by atoms with Gasteiger partial charge < -0.3 is 10.7 Å². The molecular formula is C10H19N5. The van der Waals surface area contributed by atoms with E-state index in [0.717, 1.165) is 24.2 Å². The zero-order valence-electron chi connectivity index (χ0n) is 9.54. The lowest BCUT2D eigenvalue weighted by Gasteiger charge is -2.15. The lowest BCUT2D eigenvalue weighted by atomic mass is 10.1. The lowest BCUT2D eigenvalue weighted by Crippen LogP contribution is -2.17.